The van der Waals surface area contributed by atoms with Gasteiger partial charge in [-0.2, -0.15) is 0 Å². The highest BCUT2D eigenvalue weighted by Crippen LogP contribution is 2.35. The number of aromatic nitrogens is 1. The third kappa shape index (κ3) is 2.73. The van der Waals surface area contributed by atoms with Gasteiger partial charge in [-0.1, -0.05) is 48.5 Å². The zero-order chi connectivity index (χ0) is 18.2. The van der Waals surface area contributed by atoms with E-state index in [1.807, 2.05) is 30.3 Å². The normalized spacial score (nSPS) is 11.4. The van der Waals surface area contributed by atoms with Crippen LogP contribution in [0.4, 0.5) is 0 Å². The van der Waals surface area contributed by atoms with Gasteiger partial charge in [-0.05, 0) is 47.5 Å². The number of ether oxygens (including phenoxy) is 1. The first-order valence-electron chi connectivity index (χ1n) is 9.07. The van der Waals surface area contributed by atoms with E-state index in [1.165, 1.54) is 0 Å². The molecule has 0 unspecified atom stereocenters. The molecule has 0 bridgehead atoms. The van der Waals surface area contributed by atoms with Crippen molar-refractivity contribution in [3.63, 3.8) is 0 Å². The second kappa shape index (κ2) is 6.45. The van der Waals surface area contributed by atoms with E-state index in [0.29, 0.717) is 6.61 Å². The Balaban J connectivity index is 1.48. The molecule has 0 amide bonds. The van der Waals surface area contributed by atoms with Gasteiger partial charge in [0.1, 0.15) is 12.4 Å². The molecule has 132 valence electrons. The fraction of sp³-hybridized carbons (Fsp3) is 0.0833. The van der Waals surface area contributed by atoms with Crippen molar-refractivity contribution in [2.45, 2.75) is 13.2 Å². The summed E-state index contributed by atoms with van der Waals surface area (Å²) in [7, 11) is 0. The molecule has 3 heteroatoms. The second-order valence-electron chi connectivity index (χ2n) is 6.74. The molecule has 0 aliphatic heterocycles. The molecule has 5 rings (SSSR count). The molecule has 27 heavy (non-hydrogen) atoms. The molecule has 2 aromatic carbocycles. The summed E-state index contributed by atoms with van der Waals surface area (Å²) < 4.78 is 8.10. The van der Waals surface area contributed by atoms with Crippen molar-refractivity contribution < 1.29 is 9.84 Å². The monoisotopic (exact) mass is 353 g/mol. The van der Waals surface area contributed by atoms with Crippen molar-refractivity contribution in [3.05, 3.63) is 96.1 Å². The first-order valence-corrected chi connectivity index (χ1v) is 9.07. The Hall–Kier alpha value is -3.30. The predicted octanol–water partition coefficient (Wildman–Crippen LogP) is 5.27. The molecule has 0 fully saturated rings. The molecule has 3 heterocycles. The maximum Gasteiger partial charge on any atom is 0.119 e. The number of hydrogen-bond acceptors (Lipinski definition) is 2. The Kier molecular flexibility index (Phi) is 3.80. The maximum atomic E-state index is 9.80. The number of nitrogens with zero attached hydrogens (tertiary/aromatic N) is 1. The maximum absolute atomic E-state index is 9.80. The van der Waals surface area contributed by atoms with Gasteiger partial charge in [-0.3, -0.25) is 0 Å². The van der Waals surface area contributed by atoms with E-state index in [2.05, 4.69) is 59.0 Å². The van der Waals surface area contributed by atoms with Gasteiger partial charge in [-0.25, -0.2) is 0 Å². The molecule has 5 aromatic rings. The molecule has 0 saturated heterocycles. The van der Waals surface area contributed by atoms with Gasteiger partial charge in [0.2, 0.25) is 0 Å². The first kappa shape index (κ1) is 15.9. The Labute approximate surface area is 157 Å². The van der Waals surface area contributed by atoms with Crippen molar-refractivity contribution in [3.8, 4) is 16.9 Å². The molecule has 0 saturated carbocycles. The smallest absolute Gasteiger partial charge is 0.119 e. The van der Waals surface area contributed by atoms with Gasteiger partial charge in [-0.15, -0.1) is 0 Å². The van der Waals surface area contributed by atoms with E-state index in [0.717, 1.165) is 44.6 Å². The highest BCUT2D eigenvalue weighted by Gasteiger charge is 2.15. The molecule has 0 spiro atoms. The highest BCUT2D eigenvalue weighted by molar-refractivity contribution is 5.93. The van der Waals surface area contributed by atoms with Crippen LogP contribution < -0.4 is 4.74 Å². The van der Waals surface area contributed by atoms with Crippen molar-refractivity contribution in [1.29, 1.82) is 0 Å². The molecule has 1 N–H and O–H groups in total. The Bertz CT molecular complexity index is 1190. The van der Waals surface area contributed by atoms with Gasteiger partial charge in [0, 0.05) is 22.2 Å². The van der Waals surface area contributed by atoms with Crippen LogP contribution in [0.25, 0.3) is 27.7 Å². The fourth-order valence-electron chi connectivity index (χ4n) is 3.74. The lowest BCUT2D eigenvalue weighted by Gasteiger charge is -2.07. The fourth-order valence-corrected chi connectivity index (χ4v) is 3.74. The van der Waals surface area contributed by atoms with Crippen molar-refractivity contribution in [2.75, 3.05) is 0 Å². The van der Waals surface area contributed by atoms with Crippen LogP contribution >= 0.6 is 0 Å². The summed E-state index contributed by atoms with van der Waals surface area (Å²) in [6.07, 6.45) is 0. The average molecular weight is 353 g/mol. The van der Waals surface area contributed by atoms with Crippen molar-refractivity contribution in [2.24, 2.45) is 0 Å². The molecule has 3 nitrogen and oxygen atoms in total. The van der Waals surface area contributed by atoms with Crippen LogP contribution in [0.2, 0.25) is 0 Å². The second-order valence-corrected chi connectivity index (χ2v) is 6.74. The molecular formula is C24H19NO2. The molecule has 0 radical (unpaired) electrons. The first-order chi connectivity index (χ1) is 13.3. The third-order valence-electron chi connectivity index (χ3n) is 5.03. The van der Waals surface area contributed by atoms with Crippen LogP contribution in [0.15, 0.2) is 84.9 Å². The molecule has 3 aromatic heterocycles. The summed E-state index contributed by atoms with van der Waals surface area (Å²) in [5.41, 5.74) is 7.69. The summed E-state index contributed by atoms with van der Waals surface area (Å²) in [5.74, 6) is 0.849. The highest BCUT2D eigenvalue weighted by atomic mass is 16.5. The van der Waals surface area contributed by atoms with Crippen molar-refractivity contribution >= 4 is 16.6 Å². The molecule has 0 aliphatic rings. The summed E-state index contributed by atoms with van der Waals surface area (Å²) in [6, 6.07) is 28.8. The number of aliphatic hydroxyl groups excluding tert-OH is 1. The van der Waals surface area contributed by atoms with Gasteiger partial charge in [0.05, 0.1) is 12.1 Å². The van der Waals surface area contributed by atoms with Crippen LogP contribution in [-0.2, 0) is 13.2 Å². The minimum Gasteiger partial charge on any atom is -0.489 e. The number of hydrogen-bond donors (Lipinski definition) is 1. The van der Waals surface area contributed by atoms with Crippen LogP contribution in [0.1, 0.15) is 11.1 Å². The summed E-state index contributed by atoms with van der Waals surface area (Å²) in [6.45, 7) is 0.592. The standard InChI is InChI=1S/C24H19NO2/c26-15-19-13-20-7-4-8-21-14-23(24(19)25(20)21)18-9-11-22(12-10-18)27-16-17-5-2-1-3-6-17/h1-14,26H,15-16H2. The number of rotatable bonds is 5. The topological polar surface area (TPSA) is 33.9 Å². The van der Waals surface area contributed by atoms with Crippen LogP contribution in [0.5, 0.6) is 5.75 Å². The van der Waals surface area contributed by atoms with E-state index >= 15 is 0 Å². The lowest BCUT2D eigenvalue weighted by molar-refractivity contribution is 0.283. The zero-order valence-electron chi connectivity index (χ0n) is 14.8. The van der Waals surface area contributed by atoms with Gasteiger partial charge < -0.3 is 14.2 Å². The molecule has 0 aliphatic carbocycles. The van der Waals surface area contributed by atoms with E-state index in [-0.39, 0.29) is 6.61 Å². The lowest BCUT2D eigenvalue weighted by Crippen LogP contribution is -1.94. The van der Waals surface area contributed by atoms with Crippen LogP contribution in [-0.4, -0.2) is 9.51 Å². The predicted molar refractivity (Wildman–Crippen MR) is 108 cm³/mol. The number of benzene rings is 2. The van der Waals surface area contributed by atoms with E-state index < -0.39 is 0 Å². The Morgan fingerprint density at radius 2 is 1.52 bits per heavy atom. The zero-order valence-corrected chi connectivity index (χ0v) is 14.8. The Morgan fingerprint density at radius 1 is 0.778 bits per heavy atom. The number of pyridine rings is 1. The number of aliphatic hydroxyl groups is 1. The Morgan fingerprint density at radius 3 is 2.26 bits per heavy atom. The van der Waals surface area contributed by atoms with Gasteiger partial charge in [0.25, 0.3) is 0 Å². The van der Waals surface area contributed by atoms with E-state index in [1.54, 1.807) is 0 Å². The molecular weight excluding hydrogens is 334 g/mol. The van der Waals surface area contributed by atoms with Crippen LogP contribution in [0, 0.1) is 0 Å². The summed E-state index contributed by atoms with van der Waals surface area (Å²) >= 11 is 0. The summed E-state index contributed by atoms with van der Waals surface area (Å²) in [4.78, 5) is 0. The quantitative estimate of drug-likeness (QED) is 0.467. The van der Waals surface area contributed by atoms with E-state index in [4.69, 9.17) is 4.74 Å². The average Bonchev–Trinajstić information content (AvgIpc) is 3.30. The van der Waals surface area contributed by atoms with Crippen LogP contribution in [0.3, 0.4) is 0 Å². The van der Waals surface area contributed by atoms with Crippen molar-refractivity contribution in [1.82, 2.24) is 4.40 Å². The minimum atomic E-state index is 0.0338. The van der Waals surface area contributed by atoms with Gasteiger partial charge >= 0.3 is 0 Å². The van der Waals surface area contributed by atoms with E-state index in [9.17, 15) is 5.11 Å². The minimum absolute atomic E-state index is 0.0338. The SMILES string of the molecule is OCc1cc2cccc3cc(-c4ccc(OCc5ccccc5)cc4)c1n23. The summed E-state index contributed by atoms with van der Waals surface area (Å²) in [5, 5.41) is 9.80. The third-order valence-corrected chi connectivity index (χ3v) is 5.03. The molecule has 0 atom stereocenters. The van der Waals surface area contributed by atoms with Gasteiger partial charge in [0.15, 0.2) is 0 Å². The largest absolute Gasteiger partial charge is 0.489 e. The lowest BCUT2D eigenvalue weighted by atomic mass is 10.1.